The number of thioether (sulfide) groups is 1. The van der Waals surface area contributed by atoms with Crippen molar-refractivity contribution >= 4 is 52.9 Å². The first-order chi connectivity index (χ1) is 18.6. The maximum Gasteiger partial charge on any atom is 0.315 e. The number of carbonyl (C=O) groups excluding carboxylic acids is 5. The van der Waals surface area contributed by atoms with Crippen molar-refractivity contribution in [3.63, 3.8) is 0 Å². The van der Waals surface area contributed by atoms with Gasteiger partial charge in [-0.05, 0) is 43.4 Å². The summed E-state index contributed by atoms with van der Waals surface area (Å²) in [6.07, 6.45) is 2.74. The highest BCUT2D eigenvalue weighted by Crippen LogP contribution is 2.33. The molecule has 0 radical (unpaired) electrons. The lowest BCUT2D eigenvalue weighted by atomic mass is 9.98. The predicted octanol–water partition coefficient (Wildman–Crippen LogP) is 1.94. The number of likely N-dealkylation sites (N-methyl/N-ethyl adjacent to an activating group) is 1. The zero-order valence-corrected chi connectivity index (χ0v) is 24.1. The molecule has 5 N–H and O–H groups in total. The van der Waals surface area contributed by atoms with Crippen LogP contribution in [-0.2, 0) is 25.6 Å². The molecule has 12 heteroatoms. The van der Waals surface area contributed by atoms with E-state index in [1.165, 1.54) is 0 Å². The molecule has 0 spiro atoms. The van der Waals surface area contributed by atoms with Crippen molar-refractivity contribution < 1.29 is 24.0 Å². The number of Topliss-reactive ketones (excluding diaryl/α,β-unsaturated/α-hetero) is 1. The highest BCUT2D eigenvalue weighted by atomic mass is 35.5. The molecule has 0 aliphatic carbocycles. The van der Waals surface area contributed by atoms with E-state index in [-0.39, 0.29) is 49.3 Å². The number of unbranched alkanes of at least 4 members (excludes halogenated alkanes) is 1. The SMILES string of the molecule is CCNC(=O)C(=O)[C@H](Cc1ccc(Cl)cc1)NC(=O)[C@@H](NC(=O)CCCCC1SC[C@@H]2NC(=O)N[C@H]12)C(C)C. The molecule has 0 bridgehead atoms. The van der Waals surface area contributed by atoms with Crippen molar-refractivity contribution in [1.82, 2.24) is 26.6 Å². The molecule has 214 valence electrons. The van der Waals surface area contributed by atoms with Gasteiger partial charge in [0.1, 0.15) is 12.1 Å². The van der Waals surface area contributed by atoms with Gasteiger partial charge in [-0.3, -0.25) is 19.2 Å². The largest absolute Gasteiger partial charge is 0.350 e. The van der Waals surface area contributed by atoms with Crippen LogP contribution in [0.2, 0.25) is 5.02 Å². The summed E-state index contributed by atoms with van der Waals surface area (Å²) in [5, 5.41) is 14.7. The van der Waals surface area contributed by atoms with Crippen molar-refractivity contribution in [2.45, 2.75) is 82.3 Å². The zero-order valence-electron chi connectivity index (χ0n) is 22.6. The number of hydrogen-bond acceptors (Lipinski definition) is 6. The van der Waals surface area contributed by atoms with Gasteiger partial charge in [0, 0.05) is 35.4 Å². The lowest BCUT2D eigenvalue weighted by Crippen LogP contribution is -2.56. The average Bonchev–Trinajstić information content (AvgIpc) is 3.44. The molecule has 5 amide bonds. The summed E-state index contributed by atoms with van der Waals surface area (Å²) >= 11 is 7.79. The van der Waals surface area contributed by atoms with Crippen LogP contribution in [0.1, 0.15) is 52.0 Å². The molecule has 1 aromatic rings. The predicted molar refractivity (Wildman–Crippen MR) is 152 cm³/mol. The molecule has 1 aromatic carbocycles. The number of hydrogen-bond donors (Lipinski definition) is 5. The van der Waals surface area contributed by atoms with Gasteiger partial charge in [0.25, 0.3) is 5.91 Å². The van der Waals surface area contributed by atoms with Crippen LogP contribution in [0.15, 0.2) is 24.3 Å². The van der Waals surface area contributed by atoms with E-state index in [9.17, 15) is 24.0 Å². The van der Waals surface area contributed by atoms with Crippen LogP contribution < -0.4 is 26.6 Å². The Kier molecular flexibility index (Phi) is 11.5. The fourth-order valence-electron chi connectivity index (χ4n) is 4.79. The summed E-state index contributed by atoms with van der Waals surface area (Å²) in [6, 6.07) is 5.04. The first kappa shape index (κ1) is 30.7. The number of rotatable bonds is 14. The van der Waals surface area contributed by atoms with Crippen molar-refractivity contribution in [3.8, 4) is 0 Å². The number of carbonyl (C=O) groups is 5. The minimum Gasteiger partial charge on any atom is -0.350 e. The van der Waals surface area contributed by atoms with E-state index in [0.29, 0.717) is 16.7 Å². The van der Waals surface area contributed by atoms with Crippen LogP contribution in [0.4, 0.5) is 4.79 Å². The van der Waals surface area contributed by atoms with Gasteiger partial charge in [0.05, 0.1) is 12.1 Å². The van der Waals surface area contributed by atoms with Crippen LogP contribution in [0.25, 0.3) is 0 Å². The minimum atomic E-state index is -1.10. The minimum absolute atomic E-state index is 0.106. The molecule has 0 saturated carbocycles. The Morgan fingerprint density at radius 1 is 1.08 bits per heavy atom. The molecule has 3 rings (SSSR count). The van der Waals surface area contributed by atoms with Crippen molar-refractivity contribution in [2.24, 2.45) is 5.92 Å². The van der Waals surface area contributed by atoms with Gasteiger partial charge in [0.2, 0.25) is 17.6 Å². The van der Waals surface area contributed by atoms with E-state index >= 15 is 0 Å². The van der Waals surface area contributed by atoms with Crippen molar-refractivity contribution in [1.29, 1.82) is 0 Å². The van der Waals surface area contributed by atoms with Crippen LogP contribution in [0, 0.1) is 5.92 Å². The Morgan fingerprint density at radius 3 is 2.46 bits per heavy atom. The van der Waals surface area contributed by atoms with E-state index in [1.807, 2.05) is 25.6 Å². The standard InChI is InChI=1S/C27H38ClN5O5S/c1-4-29-26(37)24(35)18(13-16-9-11-17(28)12-10-16)30-25(36)22(15(2)3)32-21(34)8-6-5-7-20-23-19(14-39-20)31-27(38)33-23/h9-12,15,18-20,22-23H,4-8,13-14H2,1-3H3,(H,29,37)(H,30,36)(H,32,34)(H2,31,33,38)/t18-,19-,20?,22-,23-/m0/s1. The summed E-state index contributed by atoms with van der Waals surface area (Å²) in [4.78, 5) is 62.6. The summed E-state index contributed by atoms with van der Waals surface area (Å²) < 4.78 is 0. The fourth-order valence-corrected chi connectivity index (χ4v) is 6.46. The maximum absolute atomic E-state index is 13.2. The van der Waals surface area contributed by atoms with Gasteiger partial charge in [-0.15, -0.1) is 0 Å². The van der Waals surface area contributed by atoms with Crippen LogP contribution in [0.3, 0.4) is 0 Å². The smallest absolute Gasteiger partial charge is 0.315 e. The maximum atomic E-state index is 13.2. The second-order valence-corrected chi connectivity index (χ2v) is 12.0. The third kappa shape index (κ3) is 8.86. The Bertz CT molecular complexity index is 1050. The number of urea groups is 1. The molecular weight excluding hydrogens is 542 g/mol. The number of fused-ring (bicyclic) bond motifs is 1. The molecule has 2 aliphatic rings. The van der Waals surface area contributed by atoms with Crippen molar-refractivity contribution in [3.05, 3.63) is 34.9 Å². The number of ketones is 1. The second-order valence-electron chi connectivity index (χ2n) is 10.3. The molecule has 39 heavy (non-hydrogen) atoms. The van der Waals surface area contributed by atoms with Crippen LogP contribution in [-0.4, -0.2) is 71.3 Å². The molecule has 2 heterocycles. The topological polar surface area (TPSA) is 146 Å². The average molecular weight is 580 g/mol. The second kappa shape index (κ2) is 14.6. The molecule has 2 saturated heterocycles. The Labute approximate surface area is 238 Å². The highest BCUT2D eigenvalue weighted by Gasteiger charge is 2.42. The highest BCUT2D eigenvalue weighted by molar-refractivity contribution is 8.00. The fraction of sp³-hybridized carbons (Fsp3) is 0.593. The Hall–Kier alpha value is -2.79. The van der Waals surface area contributed by atoms with E-state index in [1.54, 1.807) is 31.2 Å². The number of halogens is 1. The quantitative estimate of drug-likeness (QED) is 0.129. The van der Waals surface area contributed by atoms with E-state index < -0.39 is 29.7 Å². The first-order valence-corrected chi connectivity index (χ1v) is 14.9. The normalized spacial score (nSPS) is 21.4. The third-order valence-corrected chi connectivity index (χ3v) is 8.65. The number of amides is 5. The third-order valence-electron chi connectivity index (χ3n) is 6.89. The number of nitrogens with one attached hydrogen (secondary N) is 5. The Balaban J connectivity index is 1.53. The van der Waals surface area contributed by atoms with Crippen LogP contribution >= 0.6 is 23.4 Å². The number of benzene rings is 1. The monoisotopic (exact) mass is 579 g/mol. The molecule has 2 aliphatic heterocycles. The van der Waals surface area contributed by atoms with Gasteiger partial charge in [-0.25, -0.2) is 4.79 Å². The summed E-state index contributed by atoms with van der Waals surface area (Å²) in [5.74, 6) is -1.65. The molecule has 0 aromatic heterocycles. The lowest BCUT2D eigenvalue weighted by Gasteiger charge is -2.25. The summed E-state index contributed by atoms with van der Waals surface area (Å²) in [7, 11) is 0. The Morgan fingerprint density at radius 2 is 1.79 bits per heavy atom. The van der Waals surface area contributed by atoms with Gasteiger partial charge >= 0.3 is 6.03 Å². The zero-order chi connectivity index (χ0) is 28.5. The van der Waals surface area contributed by atoms with Gasteiger partial charge in [-0.2, -0.15) is 11.8 Å². The van der Waals surface area contributed by atoms with Gasteiger partial charge in [0.15, 0.2) is 0 Å². The van der Waals surface area contributed by atoms with Gasteiger partial charge < -0.3 is 26.6 Å². The lowest BCUT2D eigenvalue weighted by molar-refractivity contribution is -0.140. The van der Waals surface area contributed by atoms with Gasteiger partial charge in [-0.1, -0.05) is 44.0 Å². The molecule has 2 fully saturated rings. The molecule has 5 atom stereocenters. The summed E-state index contributed by atoms with van der Waals surface area (Å²) in [6.45, 7) is 5.60. The van der Waals surface area contributed by atoms with Crippen LogP contribution in [0.5, 0.6) is 0 Å². The first-order valence-electron chi connectivity index (χ1n) is 13.4. The van der Waals surface area contributed by atoms with E-state index in [0.717, 1.165) is 24.2 Å². The molecular formula is C27H38ClN5O5S. The van der Waals surface area contributed by atoms with Crippen molar-refractivity contribution in [2.75, 3.05) is 12.3 Å². The molecule has 10 nitrogen and oxygen atoms in total. The summed E-state index contributed by atoms with van der Waals surface area (Å²) in [5.41, 5.74) is 0.729. The van der Waals surface area contributed by atoms with E-state index in [4.69, 9.17) is 11.6 Å². The molecule has 1 unspecified atom stereocenters. The van der Waals surface area contributed by atoms with E-state index in [2.05, 4.69) is 26.6 Å².